The Morgan fingerprint density at radius 3 is 2.74 bits per heavy atom. The first kappa shape index (κ1) is 14.5. The van der Waals surface area contributed by atoms with Crippen molar-refractivity contribution < 1.29 is 5.11 Å². The number of aliphatic hydroxyl groups excluding tert-OH is 1. The minimum absolute atomic E-state index is 0.336. The quantitative estimate of drug-likeness (QED) is 0.762. The maximum atomic E-state index is 8.90. The molecule has 0 aromatic heterocycles. The van der Waals surface area contributed by atoms with E-state index in [0.29, 0.717) is 6.61 Å². The lowest BCUT2D eigenvalue weighted by Crippen LogP contribution is -2.40. The van der Waals surface area contributed by atoms with Crippen LogP contribution in [-0.2, 0) is 6.42 Å². The van der Waals surface area contributed by atoms with Gasteiger partial charge < -0.3 is 10.0 Å². The Morgan fingerprint density at radius 2 is 1.95 bits per heavy atom. The molecule has 0 aliphatic carbocycles. The molecule has 1 N–H and O–H groups in total. The van der Waals surface area contributed by atoms with E-state index in [-0.39, 0.29) is 0 Å². The SMILES string of the molecule is OCCCCN1CCCC[C@H]1CCc1ccccc1. The van der Waals surface area contributed by atoms with Crippen LogP contribution in [0.4, 0.5) is 0 Å². The number of hydrogen-bond donors (Lipinski definition) is 1. The lowest BCUT2D eigenvalue weighted by atomic mass is 9.95. The van der Waals surface area contributed by atoms with Crippen molar-refractivity contribution in [2.24, 2.45) is 0 Å². The molecule has 1 aliphatic heterocycles. The van der Waals surface area contributed by atoms with Crippen LogP contribution in [0.1, 0.15) is 44.1 Å². The second-order valence-corrected chi connectivity index (χ2v) is 5.64. The Hall–Kier alpha value is -0.860. The van der Waals surface area contributed by atoms with E-state index in [4.69, 9.17) is 5.11 Å². The van der Waals surface area contributed by atoms with Crippen molar-refractivity contribution in [2.45, 2.75) is 51.0 Å². The summed E-state index contributed by atoms with van der Waals surface area (Å²) in [5, 5.41) is 8.90. The lowest BCUT2D eigenvalue weighted by molar-refractivity contribution is 0.134. The van der Waals surface area contributed by atoms with Gasteiger partial charge in [0.15, 0.2) is 0 Å². The Kier molecular flexibility index (Phi) is 6.38. The first-order chi connectivity index (χ1) is 9.40. The molecular formula is C17H27NO. The third-order valence-electron chi connectivity index (χ3n) is 4.21. The van der Waals surface area contributed by atoms with E-state index >= 15 is 0 Å². The molecule has 0 bridgehead atoms. The monoisotopic (exact) mass is 261 g/mol. The first-order valence-corrected chi connectivity index (χ1v) is 7.79. The molecule has 1 fully saturated rings. The van der Waals surface area contributed by atoms with Crippen molar-refractivity contribution >= 4 is 0 Å². The summed E-state index contributed by atoms with van der Waals surface area (Å²) in [5.41, 5.74) is 1.46. The van der Waals surface area contributed by atoms with Crippen LogP contribution in [0.25, 0.3) is 0 Å². The van der Waals surface area contributed by atoms with Gasteiger partial charge in [-0.25, -0.2) is 0 Å². The molecule has 0 unspecified atom stereocenters. The highest BCUT2D eigenvalue weighted by Crippen LogP contribution is 2.21. The van der Waals surface area contributed by atoms with Crippen LogP contribution >= 0.6 is 0 Å². The topological polar surface area (TPSA) is 23.5 Å². The average molecular weight is 261 g/mol. The summed E-state index contributed by atoms with van der Waals surface area (Å²) in [6.45, 7) is 2.76. The molecular weight excluding hydrogens is 234 g/mol. The van der Waals surface area contributed by atoms with Gasteiger partial charge in [-0.3, -0.25) is 0 Å². The summed E-state index contributed by atoms with van der Waals surface area (Å²) in [6.07, 6.45) is 8.65. The maximum absolute atomic E-state index is 8.90. The van der Waals surface area contributed by atoms with Gasteiger partial charge in [0.25, 0.3) is 0 Å². The van der Waals surface area contributed by atoms with Gasteiger partial charge in [-0.05, 0) is 57.2 Å². The van der Waals surface area contributed by atoms with Crippen molar-refractivity contribution in [1.82, 2.24) is 4.90 Å². The third-order valence-corrected chi connectivity index (χ3v) is 4.21. The number of hydrogen-bond acceptors (Lipinski definition) is 2. The Labute approximate surface area is 117 Å². The van der Waals surface area contributed by atoms with Gasteiger partial charge in [0.1, 0.15) is 0 Å². The van der Waals surface area contributed by atoms with E-state index in [0.717, 1.165) is 18.9 Å². The molecule has 0 amide bonds. The highest BCUT2D eigenvalue weighted by atomic mass is 16.2. The fraction of sp³-hybridized carbons (Fsp3) is 0.647. The smallest absolute Gasteiger partial charge is 0.0431 e. The maximum Gasteiger partial charge on any atom is 0.0431 e. The number of unbranched alkanes of at least 4 members (excludes halogenated alkanes) is 1. The first-order valence-electron chi connectivity index (χ1n) is 7.79. The Bertz CT molecular complexity index is 338. The molecule has 2 nitrogen and oxygen atoms in total. The van der Waals surface area contributed by atoms with E-state index < -0.39 is 0 Å². The Balaban J connectivity index is 1.78. The third kappa shape index (κ3) is 4.96. The molecule has 2 rings (SSSR count). The van der Waals surface area contributed by atoms with E-state index in [1.165, 1.54) is 50.8 Å². The molecule has 0 radical (unpaired) electrons. The molecule has 1 saturated heterocycles. The van der Waals surface area contributed by atoms with Crippen LogP contribution in [0, 0.1) is 0 Å². The van der Waals surface area contributed by atoms with Crippen LogP contribution < -0.4 is 0 Å². The van der Waals surface area contributed by atoms with Crippen molar-refractivity contribution in [2.75, 3.05) is 19.7 Å². The predicted octanol–water partition coefficient (Wildman–Crippen LogP) is 3.25. The minimum Gasteiger partial charge on any atom is -0.396 e. The zero-order chi connectivity index (χ0) is 13.3. The number of aliphatic hydroxyl groups is 1. The number of benzene rings is 1. The molecule has 0 saturated carbocycles. The van der Waals surface area contributed by atoms with E-state index in [9.17, 15) is 0 Å². The van der Waals surface area contributed by atoms with Crippen LogP contribution in [0.2, 0.25) is 0 Å². The van der Waals surface area contributed by atoms with Gasteiger partial charge >= 0.3 is 0 Å². The molecule has 2 heteroatoms. The molecule has 1 aromatic carbocycles. The zero-order valence-electron chi connectivity index (χ0n) is 11.9. The summed E-state index contributed by atoms with van der Waals surface area (Å²) in [5.74, 6) is 0. The minimum atomic E-state index is 0.336. The fourth-order valence-electron chi connectivity index (χ4n) is 3.09. The second kappa shape index (κ2) is 8.34. The van der Waals surface area contributed by atoms with Gasteiger partial charge in [-0.1, -0.05) is 36.8 Å². The highest BCUT2D eigenvalue weighted by molar-refractivity contribution is 5.14. The van der Waals surface area contributed by atoms with E-state index in [1.807, 2.05) is 0 Å². The van der Waals surface area contributed by atoms with Gasteiger partial charge in [0, 0.05) is 12.6 Å². The number of piperidine rings is 1. The summed E-state index contributed by atoms with van der Waals surface area (Å²) in [7, 11) is 0. The summed E-state index contributed by atoms with van der Waals surface area (Å²) < 4.78 is 0. The normalized spacial score (nSPS) is 20.6. The van der Waals surface area contributed by atoms with Crippen molar-refractivity contribution in [3.8, 4) is 0 Å². The molecule has 0 spiro atoms. The molecule has 1 aliphatic rings. The van der Waals surface area contributed by atoms with Gasteiger partial charge in [-0.2, -0.15) is 0 Å². The van der Waals surface area contributed by atoms with E-state index in [2.05, 4.69) is 35.2 Å². The van der Waals surface area contributed by atoms with E-state index in [1.54, 1.807) is 0 Å². The number of likely N-dealkylation sites (tertiary alicyclic amines) is 1. The van der Waals surface area contributed by atoms with Gasteiger partial charge in [0.2, 0.25) is 0 Å². The number of aryl methyl sites for hydroxylation is 1. The van der Waals surface area contributed by atoms with Crippen molar-refractivity contribution in [3.63, 3.8) is 0 Å². The van der Waals surface area contributed by atoms with Crippen LogP contribution in [0.3, 0.4) is 0 Å². The molecule has 1 heterocycles. The summed E-state index contributed by atoms with van der Waals surface area (Å²) in [6, 6.07) is 11.6. The highest BCUT2D eigenvalue weighted by Gasteiger charge is 2.21. The lowest BCUT2D eigenvalue weighted by Gasteiger charge is -2.36. The van der Waals surface area contributed by atoms with Crippen molar-refractivity contribution in [1.29, 1.82) is 0 Å². The van der Waals surface area contributed by atoms with Gasteiger partial charge in [0.05, 0.1) is 0 Å². The predicted molar refractivity (Wildman–Crippen MR) is 80.3 cm³/mol. The molecule has 19 heavy (non-hydrogen) atoms. The number of nitrogens with zero attached hydrogens (tertiary/aromatic N) is 1. The summed E-state index contributed by atoms with van der Waals surface area (Å²) in [4.78, 5) is 2.65. The fourth-order valence-corrected chi connectivity index (χ4v) is 3.09. The van der Waals surface area contributed by atoms with Gasteiger partial charge in [-0.15, -0.1) is 0 Å². The largest absolute Gasteiger partial charge is 0.396 e. The van der Waals surface area contributed by atoms with Crippen LogP contribution in [0.5, 0.6) is 0 Å². The van der Waals surface area contributed by atoms with Crippen LogP contribution in [-0.4, -0.2) is 35.7 Å². The zero-order valence-corrected chi connectivity index (χ0v) is 11.9. The van der Waals surface area contributed by atoms with Crippen LogP contribution in [0.15, 0.2) is 30.3 Å². The standard InChI is InChI=1S/C17H27NO/c19-15-7-6-14-18-13-5-4-10-17(18)12-11-16-8-2-1-3-9-16/h1-3,8-9,17,19H,4-7,10-15H2/t17-/m0/s1. The molecule has 1 aromatic rings. The summed E-state index contributed by atoms with van der Waals surface area (Å²) >= 11 is 0. The second-order valence-electron chi connectivity index (χ2n) is 5.64. The van der Waals surface area contributed by atoms with Crippen molar-refractivity contribution in [3.05, 3.63) is 35.9 Å². The molecule has 1 atom stereocenters. The Morgan fingerprint density at radius 1 is 1.11 bits per heavy atom. The number of rotatable bonds is 7. The molecule has 106 valence electrons. The average Bonchev–Trinajstić information content (AvgIpc) is 2.48.